The highest BCUT2D eigenvalue weighted by atomic mass is 16.5. The molecule has 1 aromatic carbocycles. The Bertz CT molecular complexity index is 951. The van der Waals surface area contributed by atoms with E-state index in [0.29, 0.717) is 50.5 Å². The molecule has 0 aliphatic carbocycles. The van der Waals surface area contributed by atoms with Crippen LogP contribution < -0.4 is 0 Å². The third-order valence-electron chi connectivity index (χ3n) is 6.36. The lowest BCUT2D eigenvalue weighted by molar-refractivity contribution is -0.154. The highest BCUT2D eigenvalue weighted by molar-refractivity contribution is 5.98. The van der Waals surface area contributed by atoms with Crippen molar-refractivity contribution >= 4 is 22.8 Å². The van der Waals surface area contributed by atoms with E-state index in [9.17, 15) is 9.59 Å². The number of nitrogens with zero attached hydrogens (tertiary/aromatic N) is 4. The fourth-order valence-corrected chi connectivity index (χ4v) is 5.01. The summed E-state index contributed by atoms with van der Waals surface area (Å²) >= 11 is 0. The summed E-state index contributed by atoms with van der Waals surface area (Å²) in [5.41, 5.74) is 1.27. The lowest BCUT2D eigenvalue weighted by Gasteiger charge is -2.40. The van der Waals surface area contributed by atoms with Gasteiger partial charge in [0.05, 0.1) is 30.8 Å². The van der Waals surface area contributed by atoms with Crippen molar-refractivity contribution < 1.29 is 19.1 Å². The predicted molar refractivity (Wildman–Crippen MR) is 103 cm³/mol. The van der Waals surface area contributed by atoms with E-state index in [1.165, 1.54) is 0 Å². The van der Waals surface area contributed by atoms with Crippen molar-refractivity contribution in [2.24, 2.45) is 11.3 Å². The van der Waals surface area contributed by atoms with E-state index < -0.39 is 5.41 Å². The molecule has 0 radical (unpaired) electrons. The number of morpholine rings is 1. The molecule has 0 spiro atoms. The molecule has 3 aliphatic heterocycles. The normalized spacial score (nSPS) is 32.0. The first-order chi connectivity index (χ1) is 14.0. The van der Waals surface area contributed by atoms with Crippen LogP contribution in [0.2, 0.25) is 0 Å². The van der Waals surface area contributed by atoms with Gasteiger partial charge in [-0.05, 0) is 32.0 Å². The van der Waals surface area contributed by atoms with Crippen LogP contribution in [0, 0.1) is 11.3 Å². The maximum Gasteiger partial charge on any atom is 0.253 e. The Morgan fingerprint density at radius 2 is 1.86 bits per heavy atom. The molecule has 9 heteroatoms. The van der Waals surface area contributed by atoms with Crippen LogP contribution in [0.3, 0.4) is 0 Å². The second-order valence-corrected chi connectivity index (χ2v) is 8.55. The number of benzene rings is 1. The van der Waals surface area contributed by atoms with Gasteiger partial charge in [-0.15, -0.1) is 0 Å². The van der Waals surface area contributed by atoms with Crippen LogP contribution in [-0.2, 0) is 14.3 Å². The number of rotatable bonds is 2. The van der Waals surface area contributed by atoms with E-state index >= 15 is 0 Å². The summed E-state index contributed by atoms with van der Waals surface area (Å²) in [4.78, 5) is 30.4. The smallest absolute Gasteiger partial charge is 0.253 e. The van der Waals surface area contributed by atoms with E-state index in [0.717, 1.165) is 5.52 Å². The summed E-state index contributed by atoms with van der Waals surface area (Å²) in [6.45, 7) is 6.91. The molecular formula is C20H25N5O4. The van der Waals surface area contributed by atoms with Crippen molar-refractivity contribution in [3.8, 4) is 0 Å². The third-order valence-corrected chi connectivity index (χ3v) is 6.36. The van der Waals surface area contributed by atoms with Crippen LogP contribution in [0.15, 0.2) is 18.2 Å². The molecule has 0 unspecified atom stereocenters. The molecule has 2 aromatic rings. The highest BCUT2D eigenvalue weighted by Gasteiger charge is 2.58. The quantitative estimate of drug-likeness (QED) is 0.797. The number of hydrogen-bond acceptors (Lipinski definition) is 6. The standard InChI is InChI=1S/C20H25N5O4/c1-12-6-24(7-13(2)29-12)19(27)20-10-25(8-15(20)9-28-11-20)18(26)14-3-4-16-17(5-14)22-23-21-16/h3-5,12-13,15H,6-11H2,1-2H3,(H,21,22,23)/t12-,13+,15-,20-/m0/s1. The maximum absolute atomic E-state index is 13.6. The molecule has 0 bridgehead atoms. The number of hydrogen-bond donors (Lipinski definition) is 1. The lowest BCUT2D eigenvalue weighted by atomic mass is 9.79. The summed E-state index contributed by atoms with van der Waals surface area (Å²) in [6, 6.07) is 5.28. The van der Waals surface area contributed by atoms with Crippen molar-refractivity contribution in [3.63, 3.8) is 0 Å². The van der Waals surface area contributed by atoms with Gasteiger partial charge in [0.2, 0.25) is 5.91 Å². The average Bonchev–Trinajstić information content (AvgIpc) is 3.39. The second kappa shape index (κ2) is 6.77. The Kier molecular flexibility index (Phi) is 4.32. The average molecular weight is 399 g/mol. The summed E-state index contributed by atoms with van der Waals surface area (Å²) in [5.74, 6) is 0.0210. The van der Waals surface area contributed by atoms with Crippen molar-refractivity contribution in [1.29, 1.82) is 0 Å². The van der Waals surface area contributed by atoms with Gasteiger partial charge in [0.1, 0.15) is 11.0 Å². The summed E-state index contributed by atoms with van der Waals surface area (Å²) in [5, 5.41) is 10.7. The molecule has 29 heavy (non-hydrogen) atoms. The molecule has 9 nitrogen and oxygen atoms in total. The van der Waals surface area contributed by atoms with Crippen LogP contribution in [0.25, 0.3) is 11.0 Å². The molecule has 4 atom stereocenters. The molecule has 3 saturated heterocycles. The van der Waals surface area contributed by atoms with Crippen LogP contribution in [0.5, 0.6) is 0 Å². The number of likely N-dealkylation sites (tertiary alicyclic amines) is 1. The van der Waals surface area contributed by atoms with E-state index in [1.807, 2.05) is 18.7 Å². The van der Waals surface area contributed by atoms with Crippen molar-refractivity contribution in [3.05, 3.63) is 23.8 Å². The number of carbonyl (C=O) groups excluding carboxylic acids is 2. The van der Waals surface area contributed by atoms with Crippen LogP contribution >= 0.6 is 0 Å². The number of fused-ring (bicyclic) bond motifs is 2. The molecule has 1 N–H and O–H groups in total. The SMILES string of the molecule is C[C@@H]1CN(C(=O)[C@@]23COC[C@@H]2CN(C(=O)c2ccc4n[nH]nc4c2)C3)C[C@H](C)O1. The van der Waals surface area contributed by atoms with Crippen molar-refractivity contribution in [2.75, 3.05) is 39.4 Å². The number of amides is 2. The molecule has 2 amide bonds. The van der Waals surface area contributed by atoms with Crippen molar-refractivity contribution in [2.45, 2.75) is 26.1 Å². The Hall–Kier alpha value is -2.52. The Balaban J connectivity index is 1.38. The summed E-state index contributed by atoms with van der Waals surface area (Å²) in [7, 11) is 0. The zero-order valence-electron chi connectivity index (χ0n) is 16.6. The zero-order chi connectivity index (χ0) is 20.2. The van der Waals surface area contributed by atoms with Gasteiger partial charge in [0, 0.05) is 37.7 Å². The molecular weight excluding hydrogens is 374 g/mol. The number of nitrogens with one attached hydrogen (secondary N) is 1. The van der Waals surface area contributed by atoms with E-state index in [1.54, 1.807) is 23.1 Å². The fourth-order valence-electron chi connectivity index (χ4n) is 5.01. The Morgan fingerprint density at radius 1 is 1.10 bits per heavy atom. The number of aromatic amines is 1. The molecule has 5 rings (SSSR count). The number of ether oxygens (including phenoxy) is 2. The van der Waals surface area contributed by atoms with Gasteiger partial charge < -0.3 is 19.3 Å². The zero-order valence-corrected chi connectivity index (χ0v) is 16.6. The first-order valence-corrected chi connectivity index (χ1v) is 10.1. The monoisotopic (exact) mass is 399 g/mol. The third kappa shape index (κ3) is 3.00. The second-order valence-electron chi connectivity index (χ2n) is 8.55. The summed E-state index contributed by atoms with van der Waals surface area (Å²) < 4.78 is 11.5. The van der Waals surface area contributed by atoms with Gasteiger partial charge in [-0.1, -0.05) is 0 Å². The number of carbonyl (C=O) groups is 2. The van der Waals surface area contributed by atoms with E-state index in [2.05, 4.69) is 15.4 Å². The maximum atomic E-state index is 13.6. The molecule has 3 aliphatic rings. The van der Waals surface area contributed by atoms with Gasteiger partial charge >= 0.3 is 0 Å². The minimum atomic E-state index is -0.662. The molecule has 3 fully saturated rings. The lowest BCUT2D eigenvalue weighted by Crippen LogP contribution is -2.55. The Morgan fingerprint density at radius 3 is 2.66 bits per heavy atom. The minimum absolute atomic E-state index is 0.00759. The Labute approximate surface area is 168 Å². The van der Waals surface area contributed by atoms with Gasteiger partial charge in [-0.2, -0.15) is 15.4 Å². The van der Waals surface area contributed by atoms with Crippen LogP contribution in [0.4, 0.5) is 0 Å². The molecule has 4 heterocycles. The summed E-state index contributed by atoms with van der Waals surface area (Å²) in [6.07, 6.45) is 0.0152. The molecule has 1 aromatic heterocycles. The van der Waals surface area contributed by atoms with Crippen molar-refractivity contribution in [1.82, 2.24) is 25.2 Å². The largest absolute Gasteiger partial charge is 0.380 e. The number of H-pyrrole nitrogens is 1. The molecule has 0 saturated carbocycles. The molecule has 154 valence electrons. The highest BCUT2D eigenvalue weighted by Crippen LogP contribution is 2.43. The number of aromatic nitrogens is 3. The fraction of sp³-hybridized carbons (Fsp3) is 0.600. The van der Waals surface area contributed by atoms with Crippen LogP contribution in [-0.4, -0.2) is 88.6 Å². The van der Waals surface area contributed by atoms with Gasteiger partial charge in [0.25, 0.3) is 5.91 Å². The van der Waals surface area contributed by atoms with Gasteiger partial charge in [-0.3, -0.25) is 9.59 Å². The minimum Gasteiger partial charge on any atom is -0.380 e. The van der Waals surface area contributed by atoms with E-state index in [-0.39, 0.29) is 29.9 Å². The first-order valence-electron chi connectivity index (χ1n) is 10.1. The van der Waals surface area contributed by atoms with Gasteiger partial charge in [0.15, 0.2) is 0 Å². The first kappa shape index (κ1) is 18.5. The predicted octanol–water partition coefficient (Wildman–Crippen LogP) is 0.682. The van der Waals surface area contributed by atoms with E-state index in [4.69, 9.17) is 9.47 Å². The van der Waals surface area contributed by atoms with Gasteiger partial charge in [-0.25, -0.2) is 0 Å². The van der Waals surface area contributed by atoms with Crippen LogP contribution in [0.1, 0.15) is 24.2 Å². The topological polar surface area (TPSA) is 101 Å².